The fourth-order valence-electron chi connectivity index (χ4n) is 4.24. The van der Waals surface area contributed by atoms with Crippen LogP contribution in [0.4, 0.5) is 0 Å². The number of rotatable bonds is 8. The number of aliphatic imine (C=N–C) groups is 1. The van der Waals surface area contributed by atoms with E-state index in [1.807, 2.05) is 18.2 Å². The average Bonchev–Trinajstić information content (AvgIpc) is 3.31. The lowest BCUT2D eigenvalue weighted by Gasteiger charge is -2.36. The van der Waals surface area contributed by atoms with E-state index in [2.05, 4.69) is 41.8 Å². The van der Waals surface area contributed by atoms with Crippen molar-refractivity contribution in [3.05, 3.63) is 53.6 Å². The molecule has 2 aromatic carbocycles. The minimum atomic E-state index is -0.0236. The molecule has 0 aromatic heterocycles. The van der Waals surface area contributed by atoms with Gasteiger partial charge in [-0.25, -0.2) is 0 Å². The predicted molar refractivity (Wildman–Crippen MR) is 125 cm³/mol. The molecule has 1 saturated heterocycles. The normalized spacial score (nSPS) is 17.1. The van der Waals surface area contributed by atoms with Crippen molar-refractivity contribution in [2.24, 2.45) is 4.99 Å². The Morgan fingerprint density at radius 3 is 2.56 bits per heavy atom. The highest BCUT2D eigenvalue weighted by Crippen LogP contribution is 2.36. The van der Waals surface area contributed by atoms with Crippen molar-refractivity contribution in [3.63, 3.8) is 0 Å². The summed E-state index contributed by atoms with van der Waals surface area (Å²) in [5.74, 6) is 3.35. The van der Waals surface area contributed by atoms with Crippen LogP contribution in [0.25, 0.3) is 0 Å². The molecule has 0 unspecified atom stereocenters. The van der Waals surface area contributed by atoms with Crippen LogP contribution in [0, 0.1) is 0 Å². The quantitative estimate of drug-likeness (QED) is 0.486. The zero-order chi connectivity index (χ0) is 22.2. The summed E-state index contributed by atoms with van der Waals surface area (Å²) in [7, 11) is 1.70. The Kier molecular flexibility index (Phi) is 7.37. The average molecular weight is 440 g/mol. The fourth-order valence-corrected chi connectivity index (χ4v) is 4.24. The van der Waals surface area contributed by atoms with Crippen molar-refractivity contribution >= 4 is 5.96 Å². The van der Waals surface area contributed by atoms with Crippen molar-refractivity contribution < 1.29 is 18.9 Å². The summed E-state index contributed by atoms with van der Waals surface area (Å²) in [5.41, 5.74) is 2.47. The molecule has 0 saturated carbocycles. The maximum absolute atomic E-state index is 5.67. The number of hydrogen-bond acceptors (Lipinski definition) is 5. The van der Waals surface area contributed by atoms with Crippen molar-refractivity contribution in [1.29, 1.82) is 0 Å². The van der Waals surface area contributed by atoms with Gasteiger partial charge in [0.05, 0.1) is 13.7 Å². The molecule has 1 fully saturated rings. The van der Waals surface area contributed by atoms with E-state index in [9.17, 15) is 0 Å². The smallest absolute Gasteiger partial charge is 0.231 e. The molecule has 0 amide bonds. The summed E-state index contributed by atoms with van der Waals surface area (Å²) >= 11 is 0. The van der Waals surface area contributed by atoms with Gasteiger partial charge in [-0.2, -0.15) is 0 Å². The molecule has 7 heteroatoms. The first-order valence-corrected chi connectivity index (χ1v) is 11.4. The van der Waals surface area contributed by atoms with Crippen LogP contribution >= 0.6 is 0 Å². The molecule has 2 heterocycles. The van der Waals surface area contributed by atoms with E-state index in [0.29, 0.717) is 13.3 Å². The second kappa shape index (κ2) is 10.6. The lowest BCUT2D eigenvalue weighted by atomic mass is 9.74. The maximum Gasteiger partial charge on any atom is 0.231 e. The van der Waals surface area contributed by atoms with Gasteiger partial charge in [-0.05, 0) is 61.6 Å². The van der Waals surface area contributed by atoms with Gasteiger partial charge in [0.15, 0.2) is 17.5 Å². The van der Waals surface area contributed by atoms with Crippen molar-refractivity contribution in [1.82, 2.24) is 10.6 Å². The molecule has 0 atom stereocenters. The highest BCUT2D eigenvalue weighted by Gasteiger charge is 2.34. The number of nitrogens with zero attached hydrogens (tertiary/aromatic N) is 1. The van der Waals surface area contributed by atoms with Gasteiger partial charge < -0.3 is 29.6 Å². The fraction of sp³-hybridized carbons (Fsp3) is 0.480. The van der Waals surface area contributed by atoms with E-state index >= 15 is 0 Å². The number of hydrogen-bond donors (Lipinski definition) is 2. The number of ether oxygens (including phenoxy) is 4. The number of benzene rings is 2. The highest BCUT2D eigenvalue weighted by molar-refractivity contribution is 5.79. The molecule has 32 heavy (non-hydrogen) atoms. The molecule has 0 spiro atoms. The minimum Gasteiger partial charge on any atom is -0.497 e. The summed E-state index contributed by atoms with van der Waals surface area (Å²) < 4.78 is 21.9. The summed E-state index contributed by atoms with van der Waals surface area (Å²) in [5, 5.41) is 6.86. The number of guanidine groups is 1. The van der Waals surface area contributed by atoms with Gasteiger partial charge >= 0.3 is 0 Å². The first-order chi connectivity index (χ1) is 15.7. The lowest BCUT2D eigenvalue weighted by molar-refractivity contribution is 0.0531. The van der Waals surface area contributed by atoms with Crippen LogP contribution < -0.4 is 24.8 Å². The Morgan fingerprint density at radius 1 is 1.03 bits per heavy atom. The van der Waals surface area contributed by atoms with Crippen LogP contribution in [-0.4, -0.2) is 52.7 Å². The van der Waals surface area contributed by atoms with Crippen molar-refractivity contribution in [3.8, 4) is 17.2 Å². The van der Waals surface area contributed by atoms with E-state index < -0.39 is 0 Å². The Morgan fingerprint density at radius 2 is 1.81 bits per heavy atom. The molecule has 172 valence electrons. The van der Waals surface area contributed by atoms with Crippen LogP contribution in [0.3, 0.4) is 0 Å². The standard InChI is InChI=1S/C25H33N3O4/c1-3-26-24(27-13-10-19-4-9-22-23(16-19)32-18-31-22)28-17-25(11-14-30-15-12-25)20-5-7-21(29-2)8-6-20/h4-9,16H,3,10-15,17-18H2,1-2H3,(H2,26,27,28). The monoisotopic (exact) mass is 439 g/mol. The zero-order valence-corrected chi connectivity index (χ0v) is 19.0. The molecule has 0 aliphatic carbocycles. The van der Waals surface area contributed by atoms with Gasteiger partial charge in [0, 0.05) is 31.7 Å². The van der Waals surface area contributed by atoms with Gasteiger partial charge in [-0.3, -0.25) is 4.99 Å². The molecular weight excluding hydrogens is 406 g/mol. The first kappa shape index (κ1) is 22.3. The molecule has 2 aliphatic rings. The lowest BCUT2D eigenvalue weighted by Crippen LogP contribution is -2.41. The van der Waals surface area contributed by atoms with Crippen LogP contribution in [0.5, 0.6) is 17.2 Å². The second-order valence-corrected chi connectivity index (χ2v) is 8.18. The summed E-state index contributed by atoms with van der Waals surface area (Å²) in [6.07, 6.45) is 2.79. The topological polar surface area (TPSA) is 73.3 Å². The van der Waals surface area contributed by atoms with E-state index in [0.717, 1.165) is 68.8 Å². The van der Waals surface area contributed by atoms with E-state index in [-0.39, 0.29) is 5.41 Å². The number of methoxy groups -OCH3 is 1. The van der Waals surface area contributed by atoms with Gasteiger partial charge in [0.2, 0.25) is 6.79 Å². The Balaban J connectivity index is 1.41. The number of nitrogens with one attached hydrogen (secondary N) is 2. The van der Waals surface area contributed by atoms with E-state index in [1.54, 1.807) is 7.11 Å². The van der Waals surface area contributed by atoms with Gasteiger partial charge in [0.1, 0.15) is 5.75 Å². The van der Waals surface area contributed by atoms with Crippen LogP contribution in [0.15, 0.2) is 47.5 Å². The van der Waals surface area contributed by atoms with Crippen LogP contribution in [-0.2, 0) is 16.6 Å². The van der Waals surface area contributed by atoms with Gasteiger partial charge in [-0.1, -0.05) is 18.2 Å². The third-order valence-electron chi connectivity index (χ3n) is 6.18. The summed E-state index contributed by atoms with van der Waals surface area (Å²) in [4.78, 5) is 4.98. The molecule has 7 nitrogen and oxygen atoms in total. The molecule has 2 N–H and O–H groups in total. The maximum atomic E-state index is 5.67. The van der Waals surface area contributed by atoms with Crippen molar-refractivity contribution in [2.45, 2.75) is 31.6 Å². The van der Waals surface area contributed by atoms with Gasteiger partial charge in [0.25, 0.3) is 0 Å². The first-order valence-electron chi connectivity index (χ1n) is 11.4. The largest absolute Gasteiger partial charge is 0.497 e. The predicted octanol–water partition coefficient (Wildman–Crippen LogP) is 3.27. The molecule has 0 radical (unpaired) electrons. The Labute approximate surface area is 190 Å². The number of fused-ring (bicyclic) bond motifs is 1. The highest BCUT2D eigenvalue weighted by atomic mass is 16.7. The third-order valence-corrected chi connectivity index (χ3v) is 6.18. The molecule has 0 bridgehead atoms. The van der Waals surface area contributed by atoms with E-state index in [4.69, 9.17) is 23.9 Å². The summed E-state index contributed by atoms with van der Waals surface area (Å²) in [6, 6.07) is 14.5. The zero-order valence-electron chi connectivity index (χ0n) is 19.0. The molecule has 2 aromatic rings. The Hall–Kier alpha value is -2.93. The van der Waals surface area contributed by atoms with Crippen molar-refractivity contribution in [2.75, 3.05) is 46.8 Å². The molecule has 2 aliphatic heterocycles. The second-order valence-electron chi connectivity index (χ2n) is 8.18. The van der Waals surface area contributed by atoms with E-state index in [1.165, 1.54) is 11.1 Å². The van der Waals surface area contributed by atoms with Crippen LogP contribution in [0.1, 0.15) is 30.9 Å². The minimum absolute atomic E-state index is 0.0236. The molecule has 4 rings (SSSR count). The summed E-state index contributed by atoms with van der Waals surface area (Å²) in [6.45, 7) is 6.21. The van der Waals surface area contributed by atoms with Gasteiger partial charge in [-0.15, -0.1) is 0 Å². The molecular formula is C25H33N3O4. The van der Waals surface area contributed by atoms with Crippen LogP contribution in [0.2, 0.25) is 0 Å². The SMILES string of the molecule is CCNC(=NCC1(c2ccc(OC)cc2)CCOCC1)NCCc1ccc2c(c1)OCO2. The third kappa shape index (κ3) is 5.27. The Bertz CT molecular complexity index is 908.